The molecule has 0 bridgehead atoms. The average Bonchev–Trinajstić information content (AvgIpc) is 2.60. The average molecular weight is 231 g/mol. The second kappa shape index (κ2) is 4.29. The smallest absolute Gasteiger partial charge is 0.308 e. The number of hydrogen-bond donors (Lipinski definition) is 2. The van der Waals surface area contributed by atoms with Crippen molar-refractivity contribution in [2.24, 2.45) is 0 Å². The fourth-order valence-corrected chi connectivity index (χ4v) is 1.66. The number of aryl methyl sites for hydroxylation is 1. The molecule has 0 aliphatic rings. The zero-order valence-corrected chi connectivity index (χ0v) is 9.42. The van der Waals surface area contributed by atoms with Gasteiger partial charge in [-0.2, -0.15) is 5.10 Å². The number of anilines is 1. The second-order valence-electron chi connectivity index (χ2n) is 3.88. The number of carbonyl (C=O) groups is 1. The lowest BCUT2D eigenvalue weighted by Gasteiger charge is -2.05. The van der Waals surface area contributed by atoms with Crippen LogP contribution in [0.3, 0.4) is 0 Å². The lowest BCUT2D eigenvalue weighted by Crippen LogP contribution is -2.06. The van der Waals surface area contributed by atoms with Crippen molar-refractivity contribution in [3.8, 4) is 5.69 Å². The Bertz CT molecular complexity index is 561. The largest absolute Gasteiger partial charge is 0.481 e. The van der Waals surface area contributed by atoms with E-state index in [1.807, 2.05) is 31.2 Å². The van der Waals surface area contributed by atoms with Crippen LogP contribution < -0.4 is 5.73 Å². The molecule has 0 amide bonds. The van der Waals surface area contributed by atoms with Gasteiger partial charge in [0.05, 0.1) is 18.3 Å². The molecule has 88 valence electrons. The molecule has 3 N–H and O–H groups in total. The molecule has 1 heterocycles. The molecule has 0 spiro atoms. The quantitative estimate of drug-likeness (QED) is 0.836. The molecular weight excluding hydrogens is 218 g/mol. The fourth-order valence-electron chi connectivity index (χ4n) is 1.66. The first-order valence-corrected chi connectivity index (χ1v) is 5.19. The van der Waals surface area contributed by atoms with E-state index in [4.69, 9.17) is 10.8 Å². The number of hydrogen-bond acceptors (Lipinski definition) is 3. The van der Waals surface area contributed by atoms with E-state index in [9.17, 15) is 4.79 Å². The molecule has 17 heavy (non-hydrogen) atoms. The molecule has 5 heteroatoms. The van der Waals surface area contributed by atoms with Crippen LogP contribution in [0.25, 0.3) is 5.69 Å². The molecule has 0 fully saturated rings. The predicted molar refractivity (Wildman–Crippen MR) is 64.1 cm³/mol. The van der Waals surface area contributed by atoms with Gasteiger partial charge in [0, 0.05) is 5.56 Å². The number of benzene rings is 1. The highest BCUT2D eigenvalue weighted by molar-refractivity contribution is 5.72. The summed E-state index contributed by atoms with van der Waals surface area (Å²) in [6.45, 7) is 1.97. The SMILES string of the molecule is Cc1cccc(-n2ncc(CC(=O)O)c2N)c1. The van der Waals surface area contributed by atoms with Crippen molar-refractivity contribution < 1.29 is 9.90 Å². The van der Waals surface area contributed by atoms with Crippen molar-refractivity contribution in [1.82, 2.24) is 9.78 Å². The number of aliphatic carboxylic acids is 1. The number of carboxylic acids is 1. The van der Waals surface area contributed by atoms with Crippen LogP contribution in [0.2, 0.25) is 0 Å². The molecule has 0 aliphatic heterocycles. The highest BCUT2D eigenvalue weighted by atomic mass is 16.4. The Kier molecular flexibility index (Phi) is 2.82. The monoisotopic (exact) mass is 231 g/mol. The van der Waals surface area contributed by atoms with Crippen molar-refractivity contribution in [2.45, 2.75) is 13.3 Å². The van der Waals surface area contributed by atoms with E-state index in [2.05, 4.69) is 5.10 Å². The second-order valence-corrected chi connectivity index (χ2v) is 3.88. The van der Waals surface area contributed by atoms with Crippen LogP contribution in [-0.4, -0.2) is 20.9 Å². The Morgan fingerprint density at radius 2 is 2.29 bits per heavy atom. The third kappa shape index (κ3) is 2.28. The Hall–Kier alpha value is -2.30. The van der Waals surface area contributed by atoms with Gasteiger partial charge in [0.1, 0.15) is 5.82 Å². The Morgan fingerprint density at radius 1 is 1.53 bits per heavy atom. The Balaban J connectivity index is 2.40. The van der Waals surface area contributed by atoms with E-state index in [1.54, 1.807) is 4.68 Å². The highest BCUT2D eigenvalue weighted by Gasteiger charge is 2.11. The van der Waals surface area contributed by atoms with Gasteiger partial charge in [-0.3, -0.25) is 4.79 Å². The number of nitrogens with two attached hydrogens (primary N) is 1. The van der Waals surface area contributed by atoms with Gasteiger partial charge in [-0.25, -0.2) is 4.68 Å². The maximum absolute atomic E-state index is 10.6. The molecule has 0 radical (unpaired) electrons. The minimum absolute atomic E-state index is 0.113. The van der Waals surface area contributed by atoms with Crippen LogP contribution >= 0.6 is 0 Å². The number of carboxylic acid groups (broad SMARTS) is 1. The molecule has 0 unspecified atom stereocenters. The first-order valence-electron chi connectivity index (χ1n) is 5.19. The van der Waals surface area contributed by atoms with Crippen LogP contribution in [0.15, 0.2) is 30.5 Å². The van der Waals surface area contributed by atoms with Gasteiger partial charge in [-0.15, -0.1) is 0 Å². The summed E-state index contributed by atoms with van der Waals surface area (Å²) in [4.78, 5) is 10.6. The fraction of sp³-hybridized carbons (Fsp3) is 0.167. The van der Waals surface area contributed by atoms with Crippen molar-refractivity contribution in [3.63, 3.8) is 0 Å². The zero-order valence-electron chi connectivity index (χ0n) is 9.42. The van der Waals surface area contributed by atoms with E-state index in [-0.39, 0.29) is 6.42 Å². The van der Waals surface area contributed by atoms with Crippen LogP contribution in [0.4, 0.5) is 5.82 Å². The van der Waals surface area contributed by atoms with E-state index in [0.29, 0.717) is 11.4 Å². The summed E-state index contributed by atoms with van der Waals surface area (Å²) in [6, 6.07) is 7.69. The summed E-state index contributed by atoms with van der Waals surface area (Å²) in [5.74, 6) is -0.543. The van der Waals surface area contributed by atoms with Gasteiger partial charge in [-0.05, 0) is 24.6 Å². The molecule has 0 aliphatic carbocycles. The summed E-state index contributed by atoms with van der Waals surface area (Å²) in [6.07, 6.45) is 1.38. The predicted octanol–water partition coefficient (Wildman–Crippen LogP) is 1.39. The van der Waals surface area contributed by atoms with Gasteiger partial charge in [0.15, 0.2) is 0 Å². The normalized spacial score (nSPS) is 10.4. The van der Waals surface area contributed by atoms with Crippen LogP contribution in [0.5, 0.6) is 0 Å². The van der Waals surface area contributed by atoms with Crippen molar-refractivity contribution >= 4 is 11.8 Å². The van der Waals surface area contributed by atoms with Gasteiger partial charge >= 0.3 is 5.97 Å². The summed E-state index contributed by atoms with van der Waals surface area (Å²) >= 11 is 0. The first kappa shape index (κ1) is 11.2. The topological polar surface area (TPSA) is 81.1 Å². The Labute approximate surface area is 98.5 Å². The highest BCUT2D eigenvalue weighted by Crippen LogP contribution is 2.18. The summed E-state index contributed by atoms with van der Waals surface area (Å²) in [5.41, 5.74) is 8.32. The van der Waals surface area contributed by atoms with Crippen LogP contribution in [-0.2, 0) is 11.2 Å². The third-order valence-electron chi connectivity index (χ3n) is 2.47. The van der Waals surface area contributed by atoms with Crippen LogP contribution in [0.1, 0.15) is 11.1 Å². The molecule has 5 nitrogen and oxygen atoms in total. The van der Waals surface area contributed by atoms with Gasteiger partial charge in [-0.1, -0.05) is 12.1 Å². The standard InChI is InChI=1S/C12H13N3O2/c1-8-3-2-4-10(5-8)15-12(13)9(7-14-15)6-11(16)17/h2-5,7H,6,13H2,1H3,(H,16,17). The van der Waals surface area contributed by atoms with Crippen molar-refractivity contribution in [3.05, 3.63) is 41.6 Å². The van der Waals surface area contributed by atoms with Crippen molar-refractivity contribution in [1.29, 1.82) is 0 Å². The molecule has 1 aromatic carbocycles. The molecule has 0 atom stereocenters. The van der Waals surface area contributed by atoms with E-state index in [0.717, 1.165) is 11.3 Å². The zero-order chi connectivity index (χ0) is 12.4. The minimum atomic E-state index is -0.916. The summed E-state index contributed by atoms with van der Waals surface area (Å²) < 4.78 is 1.55. The van der Waals surface area contributed by atoms with E-state index >= 15 is 0 Å². The molecule has 2 rings (SSSR count). The number of nitrogen functional groups attached to an aromatic ring is 1. The molecular formula is C12H13N3O2. The maximum Gasteiger partial charge on any atom is 0.308 e. The van der Waals surface area contributed by atoms with Gasteiger partial charge in [0.2, 0.25) is 0 Å². The number of rotatable bonds is 3. The van der Waals surface area contributed by atoms with Gasteiger partial charge < -0.3 is 10.8 Å². The lowest BCUT2D eigenvalue weighted by molar-refractivity contribution is -0.136. The molecule has 0 saturated heterocycles. The molecule has 0 saturated carbocycles. The number of nitrogens with zero attached hydrogens (tertiary/aromatic N) is 2. The molecule has 1 aromatic heterocycles. The minimum Gasteiger partial charge on any atom is -0.481 e. The summed E-state index contributed by atoms with van der Waals surface area (Å²) in [5, 5.41) is 12.8. The number of aromatic nitrogens is 2. The first-order chi connectivity index (χ1) is 8.08. The molecule has 2 aromatic rings. The van der Waals surface area contributed by atoms with Crippen LogP contribution in [0, 0.1) is 6.92 Å². The van der Waals surface area contributed by atoms with E-state index < -0.39 is 5.97 Å². The lowest BCUT2D eigenvalue weighted by atomic mass is 10.2. The van der Waals surface area contributed by atoms with Gasteiger partial charge in [0.25, 0.3) is 0 Å². The third-order valence-corrected chi connectivity index (χ3v) is 2.47. The maximum atomic E-state index is 10.6. The van der Waals surface area contributed by atoms with Crippen molar-refractivity contribution in [2.75, 3.05) is 5.73 Å². The Morgan fingerprint density at radius 3 is 2.94 bits per heavy atom. The van der Waals surface area contributed by atoms with E-state index in [1.165, 1.54) is 6.20 Å². The summed E-state index contributed by atoms with van der Waals surface area (Å²) in [7, 11) is 0.